The van der Waals surface area contributed by atoms with Crippen LogP contribution in [0, 0.1) is 5.41 Å². The molecule has 1 aromatic rings. The van der Waals surface area contributed by atoms with Crippen molar-refractivity contribution in [1.82, 2.24) is 0 Å². The molecule has 1 aromatic carbocycles. The van der Waals surface area contributed by atoms with E-state index in [1.165, 1.54) is 25.7 Å². The topological polar surface area (TPSA) is 64.3 Å². The van der Waals surface area contributed by atoms with Gasteiger partial charge in [0.05, 0.1) is 18.7 Å². The quantitative estimate of drug-likeness (QED) is 0.844. The van der Waals surface area contributed by atoms with Crippen molar-refractivity contribution < 1.29 is 9.53 Å². The van der Waals surface area contributed by atoms with Crippen molar-refractivity contribution in [3.8, 4) is 5.75 Å². The number of amides is 1. The summed E-state index contributed by atoms with van der Waals surface area (Å²) in [6, 6.07) is 8.35. The molecular formula is C17H26N2O2. The normalized spacial score (nSPS) is 20.8. The minimum atomic E-state index is -0.339. The monoisotopic (exact) mass is 290 g/mol. The summed E-state index contributed by atoms with van der Waals surface area (Å²) in [5.41, 5.74) is 6.44. The van der Waals surface area contributed by atoms with Gasteiger partial charge in [-0.15, -0.1) is 0 Å². The third-order valence-corrected chi connectivity index (χ3v) is 4.33. The van der Waals surface area contributed by atoms with E-state index in [2.05, 4.69) is 19.2 Å². The minimum Gasteiger partial charge on any atom is -0.491 e. The summed E-state index contributed by atoms with van der Waals surface area (Å²) in [6.07, 6.45) is 5.25. The van der Waals surface area contributed by atoms with Crippen LogP contribution in [0.2, 0.25) is 0 Å². The largest absolute Gasteiger partial charge is 0.491 e. The summed E-state index contributed by atoms with van der Waals surface area (Å²) in [7, 11) is 0. The lowest BCUT2D eigenvalue weighted by Gasteiger charge is -2.39. The zero-order valence-electron chi connectivity index (χ0n) is 13.0. The Labute approximate surface area is 127 Å². The molecule has 0 bridgehead atoms. The van der Waals surface area contributed by atoms with Crippen LogP contribution >= 0.6 is 0 Å². The lowest BCUT2D eigenvalue weighted by molar-refractivity contribution is -0.118. The molecule has 0 aliphatic heterocycles. The van der Waals surface area contributed by atoms with Gasteiger partial charge in [-0.2, -0.15) is 0 Å². The average Bonchev–Trinajstić information content (AvgIpc) is 2.42. The summed E-state index contributed by atoms with van der Waals surface area (Å²) >= 11 is 0. The number of hydrogen-bond donors (Lipinski definition) is 2. The molecule has 116 valence electrons. The number of nitrogens with one attached hydrogen (secondary N) is 1. The standard InChI is InChI=1S/C17H26N2O2/c1-17(2)11-6-5-9-15(17)19-13-7-3-4-8-14(13)21-12-10-16(18)20/h3-4,7-8,15,19H,5-6,9-12H2,1-2H3,(H2,18,20). The van der Waals surface area contributed by atoms with Gasteiger partial charge in [-0.05, 0) is 30.4 Å². The molecular weight excluding hydrogens is 264 g/mol. The van der Waals surface area contributed by atoms with E-state index in [1.807, 2.05) is 24.3 Å². The maximum absolute atomic E-state index is 10.8. The summed E-state index contributed by atoms with van der Waals surface area (Å²) in [6.45, 7) is 4.96. The Morgan fingerprint density at radius 2 is 2.14 bits per heavy atom. The number of rotatable bonds is 6. The van der Waals surface area contributed by atoms with Gasteiger partial charge in [-0.3, -0.25) is 4.79 Å². The number of para-hydroxylation sites is 2. The average molecular weight is 290 g/mol. The highest BCUT2D eigenvalue weighted by Crippen LogP contribution is 2.38. The summed E-state index contributed by atoms with van der Waals surface area (Å²) < 4.78 is 5.69. The maximum Gasteiger partial charge on any atom is 0.220 e. The van der Waals surface area contributed by atoms with Crippen LogP contribution < -0.4 is 15.8 Å². The van der Waals surface area contributed by atoms with Gasteiger partial charge in [0.15, 0.2) is 0 Å². The predicted octanol–water partition coefficient (Wildman–Crippen LogP) is 3.32. The van der Waals surface area contributed by atoms with Crippen LogP contribution in [-0.2, 0) is 4.79 Å². The van der Waals surface area contributed by atoms with Crippen LogP contribution in [0.4, 0.5) is 5.69 Å². The van der Waals surface area contributed by atoms with Crippen molar-refractivity contribution in [2.75, 3.05) is 11.9 Å². The van der Waals surface area contributed by atoms with Gasteiger partial charge in [0.2, 0.25) is 5.91 Å². The Kier molecular flexibility index (Phi) is 5.10. The minimum absolute atomic E-state index is 0.239. The van der Waals surface area contributed by atoms with E-state index in [9.17, 15) is 4.79 Å². The molecule has 1 amide bonds. The summed E-state index contributed by atoms with van der Waals surface area (Å²) in [5, 5.41) is 3.64. The van der Waals surface area contributed by atoms with Gasteiger partial charge in [0.1, 0.15) is 5.75 Å². The molecule has 4 nitrogen and oxygen atoms in total. The van der Waals surface area contributed by atoms with Gasteiger partial charge in [0.25, 0.3) is 0 Å². The lowest BCUT2D eigenvalue weighted by Crippen LogP contribution is -2.39. The number of primary amides is 1. The molecule has 4 heteroatoms. The Hall–Kier alpha value is -1.71. The first kappa shape index (κ1) is 15.7. The zero-order valence-corrected chi connectivity index (χ0v) is 13.0. The van der Waals surface area contributed by atoms with Gasteiger partial charge >= 0.3 is 0 Å². The van der Waals surface area contributed by atoms with Crippen molar-refractivity contribution in [2.24, 2.45) is 11.1 Å². The first-order valence-electron chi connectivity index (χ1n) is 7.76. The maximum atomic E-state index is 10.8. The van der Waals surface area contributed by atoms with Crippen molar-refractivity contribution in [3.63, 3.8) is 0 Å². The number of ether oxygens (including phenoxy) is 1. The third-order valence-electron chi connectivity index (χ3n) is 4.33. The predicted molar refractivity (Wildman–Crippen MR) is 85.4 cm³/mol. The van der Waals surface area contributed by atoms with E-state index < -0.39 is 0 Å². The van der Waals surface area contributed by atoms with E-state index in [-0.39, 0.29) is 12.3 Å². The molecule has 1 fully saturated rings. The molecule has 0 heterocycles. The van der Waals surface area contributed by atoms with E-state index in [0.29, 0.717) is 18.1 Å². The van der Waals surface area contributed by atoms with Crippen molar-refractivity contribution in [2.45, 2.75) is 52.0 Å². The highest BCUT2D eigenvalue weighted by molar-refractivity contribution is 5.73. The van der Waals surface area contributed by atoms with Crippen molar-refractivity contribution in [1.29, 1.82) is 0 Å². The fraction of sp³-hybridized carbons (Fsp3) is 0.588. The highest BCUT2D eigenvalue weighted by atomic mass is 16.5. The first-order chi connectivity index (χ1) is 9.99. The molecule has 0 aromatic heterocycles. The van der Waals surface area contributed by atoms with E-state index >= 15 is 0 Å². The van der Waals surface area contributed by atoms with Gasteiger partial charge in [0, 0.05) is 6.04 Å². The number of benzene rings is 1. The Balaban J connectivity index is 2.03. The van der Waals surface area contributed by atoms with Crippen LogP contribution in [0.3, 0.4) is 0 Å². The summed E-state index contributed by atoms with van der Waals surface area (Å²) in [4.78, 5) is 10.8. The molecule has 1 atom stereocenters. The number of hydrogen-bond acceptors (Lipinski definition) is 3. The van der Waals surface area contributed by atoms with Crippen molar-refractivity contribution >= 4 is 11.6 Å². The van der Waals surface area contributed by atoms with E-state index in [0.717, 1.165) is 11.4 Å². The van der Waals surface area contributed by atoms with E-state index in [1.54, 1.807) is 0 Å². The van der Waals surface area contributed by atoms with Crippen LogP contribution in [0.25, 0.3) is 0 Å². The number of anilines is 1. The molecule has 21 heavy (non-hydrogen) atoms. The first-order valence-corrected chi connectivity index (χ1v) is 7.76. The summed E-state index contributed by atoms with van der Waals surface area (Å²) in [5.74, 6) is 0.453. The fourth-order valence-corrected chi connectivity index (χ4v) is 2.92. The molecule has 1 saturated carbocycles. The third kappa shape index (κ3) is 4.38. The number of nitrogens with two attached hydrogens (primary N) is 1. The van der Waals surface area contributed by atoms with Crippen LogP contribution in [0.1, 0.15) is 46.0 Å². The smallest absolute Gasteiger partial charge is 0.220 e. The molecule has 0 radical (unpaired) electrons. The fourth-order valence-electron chi connectivity index (χ4n) is 2.92. The lowest BCUT2D eigenvalue weighted by atomic mass is 9.73. The highest BCUT2D eigenvalue weighted by Gasteiger charge is 2.32. The molecule has 1 unspecified atom stereocenters. The molecule has 0 saturated heterocycles. The second kappa shape index (κ2) is 6.83. The van der Waals surface area contributed by atoms with Crippen LogP contribution in [0.5, 0.6) is 5.75 Å². The molecule has 3 N–H and O–H groups in total. The number of carbonyl (C=O) groups excluding carboxylic acids is 1. The molecule has 0 spiro atoms. The number of carbonyl (C=O) groups is 1. The van der Waals surface area contributed by atoms with E-state index in [4.69, 9.17) is 10.5 Å². The Bertz CT molecular complexity index is 485. The molecule has 2 rings (SSSR count). The SMILES string of the molecule is CC1(C)CCCCC1Nc1ccccc1OCCC(N)=O. The molecule has 1 aliphatic rings. The van der Waals surface area contributed by atoms with Crippen molar-refractivity contribution in [3.05, 3.63) is 24.3 Å². The van der Waals surface area contributed by atoms with Gasteiger partial charge in [-0.1, -0.05) is 38.8 Å². The zero-order chi connectivity index (χ0) is 15.3. The molecule has 1 aliphatic carbocycles. The Morgan fingerprint density at radius 1 is 1.38 bits per heavy atom. The van der Waals surface area contributed by atoms with Gasteiger partial charge < -0.3 is 15.8 Å². The second-order valence-corrected chi connectivity index (χ2v) is 6.49. The van der Waals surface area contributed by atoms with Crippen LogP contribution in [-0.4, -0.2) is 18.6 Å². The second-order valence-electron chi connectivity index (χ2n) is 6.49. The Morgan fingerprint density at radius 3 is 2.86 bits per heavy atom. The van der Waals surface area contributed by atoms with Gasteiger partial charge in [-0.25, -0.2) is 0 Å². The van der Waals surface area contributed by atoms with Crippen LogP contribution in [0.15, 0.2) is 24.3 Å².